The van der Waals surface area contributed by atoms with Gasteiger partial charge in [0.05, 0.1) is 5.69 Å². The van der Waals surface area contributed by atoms with Crippen LogP contribution in [0.4, 0.5) is 10.1 Å². The molecule has 0 radical (unpaired) electrons. The maximum atomic E-state index is 13.7. The number of hydrogen-bond donors (Lipinski definition) is 2. The second-order valence-electron chi connectivity index (χ2n) is 5.44. The van der Waals surface area contributed by atoms with E-state index in [2.05, 4.69) is 10.0 Å². The van der Waals surface area contributed by atoms with Crippen molar-refractivity contribution in [2.45, 2.75) is 32.2 Å². The topological polar surface area (TPSA) is 61.4 Å². The fourth-order valence-corrected chi connectivity index (χ4v) is 3.03. The second-order valence-corrected chi connectivity index (χ2v) is 7.22. The van der Waals surface area contributed by atoms with Gasteiger partial charge in [0.25, 0.3) is 0 Å². The molecule has 0 unspecified atom stereocenters. The van der Waals surface area contributed by atoms with Crippen molar-refractivity contribution in [3.63, 3.8) is 0 Å². The number of nitrogens with zero attached hydrogens (tertiary/aromatic N) is 1. The molecule has 0 amide bonds. The van der Waals surface area contributed by atoms with Crippen molar-refractivity contribution in [2.75, 3.05) is 24.9 Å². The first-order chi connectivity index (χ1) is 9.90. The Morgan fingerprint density at radius 3 is 2.71 bits per heavy atom. The lowest BCUT2D eigenvalue weighted by Crippen LogP contribution is -2.35. The van der Waals surface area contributed by atoms with E-state index in [1.54, 1.807) is 19.1 Å². The first-order valence-corrected chi connectivity index (χ1v) is 8.57. The molecule has 0 heterocycles. The van der Waals surface area contributed by atoms with Crippen LogP contribution >= 0.6 is 0 Å². The van der Waals surface area contributed by atoms with Crippen LogP contribution in [-0.4, -0.2) is 38.9 Å². The number of rotatable bonds is 8. The summed E-state index contributed by atoms with van der Waals surface area (Å²) < 4.78 is 41.6. The summed E-state index contributed by atoms with van der Waals surface area (Å²) in [7, 11) is -2.23. The summed E-state index contributed by atoms with van der Waals surface area (Å²) in [6.45, 7) is 2.85. The molecule has 1 aromatic carbocycles. The molecule has 118 valence electrons. The molecule has 0 aromatic heterocycles. The van der Waals surface area contributed by atoms with Gasteiger partial charge in [-0.25, -0.2) is 4.39 Å². The van der Waals surface area contributed by atoms with Crippen LogP contribution < -0.4 is 10.0 Å². The first kappa shape index (κ1) is 16.2. The van der Waals surface area contributed by atoms with Crippen LogP contribution in [0, 0.1) is 12.7 Å². The molecule has 1 saturated carbocycles. The van der Waals surface area contributed by atoms with Crippen molar-refractivity contribution in [1.82, 2.24) is 9.62 Å². The molecule has 1 fully saturated rings. The molecule has 21 heavy (non-hydrogen) atoms. The standard InChI is InChI=1S/C14H22FN3O2S/c1-11-5-3-6-13(15)14(11)17-21(19,20)18(2)10-4-9-16-12-7-8-12/h3,5-6,12,16-17H,4,7-10H2,1-2H3. The Balaban J connectivity index is 1.90. The van der Waals surface area contributed by atoms with E-state index < -0.39 is 16.0 Å². The number of nitrogens with one attached hydrogen (secondary N) is 2. The quantitative estimate of drug-likeness (QED) is 0.720. The van der Waals surface area contributed by atoms with Gasteiger partial charge in [0.1, 0.15) is 5.82 Å². The zero-order valence-electron chi connectivity index (χ0n) is 12.4. The Morgan fingerprint density at radius 2 is 2.10 bits per heavy atom. The highest BCUT2D eigenvalue weighted by atomic mass is 32.2. The third-order valence-electron chi connectivity index (χ3n) is 3.52. The molecule has 0 saturated heterocycles. The average Bonchev–Trinajstić information content (AvgIpc) is 3.23. The number of halogens is 1. The molecule has 1 aliphatic carbocycles. The molecule has 1 aliphatic rings. The maximum Gasteiger partial charge on any atom is 0.301 e. The molecule has 0 aliphatic heterocycles. The highest BCUT2D eigenvalue weighted by molar-refractivity contribution is 7.90. The van der Waals surface area contributed by atoms with Gasteiger partial charge in [-0.15, -0.1) is 0 Å². The Bertz CT molecular complexity index is 568. The summed E-state index contributed by atoms with van der Waals surface area (Å²) in [6, 6.07) is 5.08. The normalized spacial score (nSPS) is 15.4. The van der Waals surface area contributed by atoms with E-state index in [4.69, 9.17) is 0 Å². The van der Waals surface area contributed by atoms with Crippen LogP contribution in [0.1, 0.15) is 24.8 Å². The summed E-state index contributed by atoms with van der Waals surface area (Å²) in [5.41, 5.74) is 0.572. The third kappa shape index (κ3) is 4.66. The molecule has 1 aromatic rings. The van der Waals surface area contributed by atoms with Crippen LogP contribution in [0.25, 0.3) is 0 Å². The van der Waals surface area contributed by atoms with Gasteiger partial charge in [-0.1, -0.05) is 12.1 Å². The Kier molecular flexibility index (Phi) is 5.18. The molecule has 0 atom stereocenters. The van der Waals surface area contributed by atoms with Gasteiger partial charge in [-0.2, -0.15) is 12.7 Å². The fourth-order valence-electron chi connectivity index (χ4n) is 1.98. The van der Waals surface area contributed by atoms with Crippen molar-refractivity contribution in [3.05, 3.63) is 29.6 Å². The minimum atomic E-state index is -3.73. The maximum absolute atomic E-state index is 13.7. The second kappa shape index (κ2) is 6.72. The van der Waals surface area contributed by atoms with E-state index >= 15 is 0 Å². The molecule has 2 rings (SSSR count). The lowest BCUT2D eigenvalue weighted by Gasteiger charge is -2.19. The number of para-hydroxylation sites is 1. The zero-order valence-corrected chi connectivity index (χ0v) is 13.2. The van der Waals surface area contributed by atoms with Crippen LogP contribution in [0.5, 0.6) is 0 Å². The molecule has 7 heteroatoms. The molecular formula is C14H22FN3O2S. The van der Waals surface area contributed by atoms with Crippen molar-refractivity contribution in [1.29, 1.82) is 0 Å². The van der Waals surface area contributed by atoms with Gasteiger partial charge in [0.2, 0.25) is 0 Å². The summed E-state index contributed by atoms with van der Waals surface area (Å²) in [5.74, 6) is -0.567. The van der Waals surface area contributed by atoms with Gasteiger partial charge in [-0.05, 0) is 44.4 Å². The Morgan fingerprint density at radius 1 is 1.38 bits per heavy atom. The Hall–Kier alpha value is -1.18. The zero-order chi connectivity index (χ0) is 15.5. The van der Waals surface area contributed by atoms with Crippen LogP contribution in [0.2, 0.25) is 0 Å². The predicted molar refractivity (Wildman–Crippen MR) is 82.0 cm³/mol. The van der Waals surface area contributed by atoms with Crippen LogP contribution in [0.15, 0.2) is 18.2 Å². The van der Waals surface area contributed by atoms with Crippen LogP contribution in [0.3, 0.4) is 0 Å². The number of hydrogen-bond acceptors (Lipinski definition) is 3. The van der Waals surface area contributed by atoms with E-state index in [0.717, 1.165) is 13.0 Å². The fraction of sp³-hybridized carbons (Fsp3) is 0.571. The SMILES string of the molecule is Cc1cccc(F)c1NS(=O)(=O)N(C)CCCNC1CC1. The molecule has 0 spiro atoms. The average molecular weight is 315 g/mol. The lowest BCUT2D eigenvalue weighted by atomic mass is 10.2. The smallest absolute Gasteiger partial charge is 0.301 e. The molecular weight excluding hydrogens is 293 g/mol. The number of benzene rings is 1. The van der Waals surface area contributed by atoms with E-state index in [1.807, 2.05) is 0 Å². The largest absolute Gasteiger partial charge is 0.314 e. The van der Waals surface area contributed by atoms with Gasteiger partial charge in [0, 0.05) is 19.6 Å². The molecule has 0 bridgehead atoms. The minimum absolute atomic E-state index is 0.0143. The monoisotopic (exact) mass is 315 g/mol. The third-order valence-corrected chi connectivity index (χ3v) is 4.99. The minimum Gasteiger partial charge on any atom is -0.314 e. The Labute approximate surface area is 125 Å². The number of anilines is 1. The van der Waals surface area contributed by atoms with Gasteiger partial charge in [-0.3, -0.25) is 4.72 Å². The van der Waals surface area contributed by atoms with Gasteiger partial charge >= 0.3 is 10.2 Å². The van der Waals surface area contributed by atoms with Crippen molar-refractivity contribution in [2.24, 2.45) is 0 Å². The lowest BCUT2D eigenvalue weighted by molar-refractivity contribution is 0.457. The number of aryl methyl sites for hydroxylation is 1. The summed E-state index contributed by atoms with van der Waals surface area (Å²) in [5, 5.41) is 3.33. The van der Waals surface area contributed by atoms with E-state index in [9.17, 15) is 12.8 Å². The molecule has 2 N–H and O–H groups in total. The van der Waals surface area contributed by atoms with Gasteiger partial charge < -0.3 is 5.32 Å². The predicted octanol–water partition coefficient (Wildman–Crippen LogP) is 1.86. The highest BCUT2D eigenvalue weighted by Crippen LogP contribution is 2.21. The summed E-state index contributed by atoms with van der Waals surface area (Å²) in [6.07, 6.45) is 3.15. The van der Waals surface area contributed by atoms with Gasteiger partial charge in [0.15, 0.2) is 0 Å². The van der Waals surface area contributed by atoms with Crippen molar-refractivity contribution >= 4 is 15.9 Å². The summed E-state index contributed by atoms with van der Waals surface area (Å²) >= 11 is 0. The highest BCUT2D eigenvalue weighted by Gasteiger charge is 2.22. The van der Waals surface area contributed by atoms with Crippen molar-refractivity contribution < 1.29 is 12.8 Å². The summed E-state index contributed by atoms with van der Waals surface area (Å²) in [4.78, 5) is 0. The van der Waals surface area contributed by atoms with E-state index in [1.165, 1.54) is 30.3 Å². The first-order valence-electron chi connectivity index (χ1n) is 7.13. The van der Waals surface area contributed by atoms with Crippen LogP contribution in [-0.2, 0) is 10.2 Å². The molecule has 5 nitrogen and oxygen atoms in total. The van der Waals surface area contributed by atoms with Crippen molar-refractivity contribution in [3.8, 4) is 0 Å². The van der Waals surface area contributed by atoms with E-state index in [0.29, 0.717) is 18.2 Å². The van der Waals surface area contributed by atoms with E-state index in [-0.39, 0.29) is 5.69 Å².